The number of piperidine rings is 1. The van der Waals surface area contributed by atoms with Gasteiger partial charge in [-0.15, -0.1) is 0 Å². The fourth-order valence-corrected chi connectivity index (χ4v) is 6.16. The molecule has 7 nitrogen and oxygen atoms in total. The topological polar surface area (TPSA) is 73.7 Å². The minimum absolute atomic E-state index is 0.0622. The highest BCUT2D eigenvalue weighted by Crippen LogP contribution is 2.33. The quantitative estimate of drug-likeness (QED) is 0.824. The van der Waals surface area contributed by atoms with E-state index < -0.39 is 0 Å². The molecule has 2 aromatic heterocycles. The predicted molar refractivity (Wildman–Crippen MR) is 118 cm³/mol. The summed E-state index contributed by atoms with van der Waals surface area (Å²) >= 11 is 0. The molecular weight excluding hydrogens is 390 g/mol. The van der Waals surface area contributed by atoms with Crippen molar-refractivity contribution in [3.8, 4) is 0 Å². The summed E-state index contributed by atoms with van der Waals surface area (Å²) in [6, 6.07) is 2.68. The highest BCUT2D eigenvalue weighted by molar-refractivity contribution is 5.79. The molecular formula is C24H33N5O2. The van der Waals surface area contributed by atoms with Crippen LogP contribution in [0, 0.1) is 5.92 Å². The second-order valence-corrected chi connectivity index (χ2v) is 10.2. The van der Waals surface area contributed by atoms with Crippen LogP contribution in [0.15, 0.2) is 10.9 Å². The van der Waals surface area contributed by atoms with Gasteiger partial charge in [-0.25, -0.2) is 9.50 Å². The van der Waals surface area contributed by atoms with E-state index in [4.69, 9.17) is 4.98 Å². The number of hydrogen-bond donors (Lipinski definition) is 1. The van der Waals surface area contributed by atoms with Crippen LogP contribution in [0.5, 0.6) is 0 Å². The van der Waals surface area contributed by atoms with Crippen molar-refractivity contribution in [2.24, 2.45) is 5.92 Å². The van der Waals surface area contributed by atoms with E-state index in [9.17, 15) is 9.59 Å². The smallest absolute Gasteiger partial charge is 0.277 e. The zero-order valence-electron chi connectivity index (χ0n) is 18.3. The molecule has 1 atom stereocenters. The monoisotopic (exact) mass is 423 g/mol. The van der Waals surface area contributed by atoms with Gasteiger partial charge in [-0.05, 0) is 38.5 Å². The summed E-state index contributed by atoms with van der Waals surface area (Å²) in [6.07, 6.45) is 11.4. The number of hydrogen-bond acceptors (Lipinski definition) is 4. The molecule has 4 aliphatic rings. The van der Waals surface area contributed by atoms with Crippen molar-refractivity contribution in [3.63, 3.8) is 0 Å². The molecule has 1 saturated heterocycles. The molecule has 6 rings (SSSR count). The molecule has 2 aliphatic carbocycles. The maximum absolute atomic E-state index is 13.3. The van der Waals surface area contributed by atoms with E-state index >= 15 is 0 Å². The van der Waals surface area contributed by atoms with Gasteiger partial charge in [0.25, 0.3) is 5.56 Å². The number of carbonyl (C=O) groups is 1. The fourth-order valence-electron chi connectivity index (χ4n) is 6.16. The summed E-state index contributed by atoms with van der Waals surface area (Å²) < 4.78 is 1.65. The van der Waals surface area contributed by atoms with Gasteiger partial charge in [0.2, 0.25) is 5.91 Å². The summed E-state index contributed by atoms with van der Waals surface area (Å²) in [4.78, 5) is 35.5. The molecule has 0 aromatic carbocycles. The van der Waals surface area contributed by atoms with E-state index in [0.717, 1.165) is 80.9 Å². The normalized spacial score (nSPS) is 25.7. The summed E-state index contributed by atoms with van der Waals surface area (Å²) in [6.45, 7) is 3.37. The third-order valence-electron chi connectivity index (χ3n) is 8.28. The zero-order chi connectivity index (χ0) is 20.9. The number of likely N-dealkylation sites (tertiary alicyclic amines) is 1. The first-order chi connectivity index (χ1) is 15.2. The number of carbonyl (C=O) groups excluding carboxylic acids is 1. The van der Waals surface area contributed by atoms with Gasteiger partial charge in [-0.2, -0.15) is 0 Å². The average molecular weight is 424 g/mol. The minimum Gasteiger partial charge on any atom is -0.342 e. The Bertz CT molecular complexity index is 1050. The molecule has 7 heteroatoms. The van der Waals surface area contributed by atoms with Crippen molar-refractivity contribution in [3.05, 3.63) is 33.4 Å². The summed E-state index contributed by atoms with van der Waals surface area (Å²) in [5.41, 5.74) is 3.69. The molecule has 1 amide bonds. The Morgan fingerprint density at radius 3 is 2.65 bits per heavy atom. The van der Waals surface area contributed by atoms with E-state index in [1.807, 2.05) is 6.07 Å². The summed E-state index contributed by atoms with van der Waals surface area (Å²) in [5, 5.41) is 3.37. The van der Waals surface area contributed by atoms with Crippen LogP contribution >= 0.6 is 0 Å². The maximum Gasteiger partial charge on any atom is 0.277 e. The largest absolute Gasteiger partial charge is 0.342 e. The molecule has 3 fully saturated rings. The molecule has 31 heavy (non-hydrogen) atoms. The summed E-state index contributed by atoms with van der Waals surface area (Å²) in [7, 11) is 0. The first kappa shape index (κ1) is 19.5. The number of H-pyrrole nitrogens is 1. The molecule has 0 bridgehead atoms. The lowest BCUT2D eigenvalue weighted by molar-refractivity contribution is -0.139. The molecule has 0 spiro atoms. The zero-order valence-corrected chi connectivity index (χ0v) is 18.3. The second-order valence-electron chi connectivity index (χ2n) is 10.2. The van der Waals surface area contributed by atoms with Crippen LogP contribution in [0.1, 0.15) is 80.7 Å². The Morgan fingerprint density at radius 1 is 1.03 bits per heavy atom. The predicted octanol–water partition coefficient (Wildman–Crippen LogP) is 2.83. The van der Waals surface area contributed by atoms with Crippen LogP contribution in [0.4, 0.5) is 0 Å². The van der Waals surface area contributed by atoms with E-state index in [1.165, 1.54) is 32.1 Å². The number of nitrogens with one attached hydrogen (secondary N) is 1. The number of amides is 1. The fraction of sp³-hybridized carbons (Fsp3) is 0.708. The first-order valence-electron chi connectivity index (χ1n) is 12.3. The number of fused-ring (bicyclic) bond motifs is 2. The van der Waals surface area contributed by atoms with Crippen LogP contribution in [0.3, 0.4) is 0 Å². The van der Waals surface area contributed by atoms with Crippen LogP contribution in [0.2, 0.25) is 0 Å². The lowest BCUT2D eigenvalue weighted by Crippen LogP contribution is -2.44. The molecule has 4 heterocycles. The molecule has 1 N–H and O–H groups in total. The molecule has 0 unspecified atom stereocenters. The molecule has 2 aromatic rings. The number of aromatic amines is 1. The van der Waals surface area contributed by atoms with Gasteiger partial charge < -0.3 is 4.90 Å². The third-order valence-corrected chi connectivity index (χ3v) is 8.28. The van der Waals surface area contributed by atoms with E-state index in [0.29, 0.717) is 11.9 Å². The highest BCUT2D eigenvalue weighted by Gasteiger charge is 2.34. The van der Waals surface area contributed by atoms with Crippen molar-refractivity contribution in [2.45, 2.75) is 82.7 Å². The number of nitrogens with zero attached hydrogens (tertiary/aromatic N) is 4. The van der Waals surface area contributed by atoms with Crippen LogP contribution in [-0.2, 0) is 17.8 Å². The number of aromatic nitrogens is 3. The van der Waals surface area contributed by atoms with Crippen molar-refractivity contribution in [2.75, 3.05) is 19.6 Å². The van der Waals surface area contributed by atoms with Gasteiger partial charge >= 0.3 is 0 Å². The Hall–Kier alpha value is -2.15. The van der Waals surface area contributed by atoms with Crippen molar-refractivity contribution >= 4 is 11.6 Å². The van der Waals surface area contributed by atoms with Gasteiger partial charge in [0.05, 0.1) is 11.3 Å². The highest BCUT2D eigenvalue weighted by atomic mass is 16.2. The number of rotatable bonds is 3. The van der Waals surface area contributed by atoms with Gasteiger partial charge in [0, 0.05) is 62.2 Å². The Morgan fingerprint density at radius 2 is 1.87 bits per heavy atom. The van der Waals surface area contributed by atoms with Crippen LogP contribution < -0.4 is 5.56 Å². The van der Waals surface area contributed by atoms with E-state index in [2.05, 4.69) is 14.9 Å². The standard InChI is InChI=1S/C24H33N5O2/c30-23(16-5-3-6-16)28-11-4-7-17(14-28)21-13-22-25-20-10-12-27(18-8-1-2-9-18)15-19(20)24(31)29(22)26-21/h13,16-18,26H,1-12,14-15H2/t17-/m1/s1. The van der Waals surface area contributed by atoms with Crippen molar-refractivity contribution < 1.29 is 4.79 Å². The van der Waals surface area contributed by atoms with E-state index in [1.54, 1.807) is 4.52 Å². The van der Waals surface area contributed by atoms with Crippen molar-refractivity contribution in [1.82, 2.24) is 24.4 Å². The molecule has 2 saturated carbocycles. The van der Waals surface area contributed by atoms with E-state index in [-0.39, 0.29) is 17.4 Å². The van der Waals surface area contributed by atoms with Crippen LogP contribution in [0.25, 0.3) is 5.65 Å². The third kappa shape index (κ3) is 3.41. The molecule has 2 aliphatic heterocycles. The maximum atomic E-state index is 13.3. The Labute approximate surface area is 182 Å². The second kappa shape index (κ2) is 7.76. The SMILES string of the molecule is O=C(C1CCC1)N1CCC[C@@H](c2cc3nc4c(c(=O)n3[nH]2)CN(C2CCCC2)CC4)C1. The lowest BCUT2D eigenvalue weighted by atomic mass is 9.83. The van der Waals surface area contributed by atoms with Gasteiger partial charge in [-0.3, -0.25) is 19.6 Å². The van der Waals surface area contributed by atoms with Crippen LogP contribution in [-0.4, -0.2) is 56.0 Å². The minimum atomic E-state index is 0.0622. The Balaban J connectivity index is 1.26. The Kier molecular flexibility index (Phi) is 4.89. The summed E-state index contributed by atoms with van der Waals surface area (Å²) in [5.74, 6) is 0.844. The molecule has 166 valence electrons. The lowest BCUT2D eigenvalue weighted by Gasteiger charge is -2.37. The van der Waals surface area contributed by atoms with Gasteiger partial charge in [0.1, 0.15) is 0 Å². The van der Waals surface area contributed by atoms with Gasteiger partial charge in [-0.1, -0.05) is 19.3 Å². The average Bonchev–Trinajstić information content (AvgIpc) is 3.43. The van der Waals surface area contributed by atoms with Crippen molar-refractivity contribution in [1.29, 1.82) is 0 Å². The van der Waals surface area contributed by atoms with Gasteiger partial charge in [0.15, 0.2) is 5.65 Å². The molecule has 0 radical (unpaired) electrons. The first-order valence-corrected chi connectivity index (χ1v) is 12.3.